The average molecular weight is 462 g/mol. The van der Waals surface area contributed by atoms with Crippen LogP contribution in [0.4, 0.5) is 10.2 Å². The van der Waals surface area contributed by atoms with Gasteiger partial charge in [0, 0.05) is 60.9 Å². The van der Waals surface area contributed by atoms with Crippen LogP contribution in [0, 0.1) is 5.82 Å². The maximum atomic E-state index is 15.3. The lowest BCUT2D eigenvalue weighted by Gasteiger charge is -2.42. The van der Waals surface area contributed by atoms with Crippen LogP contribution < -0.4 is 5.73 Å². The van der Waals surface area contributed by atoms with Gasteiger partial charge in [0.2, 0.25) is 0 Å². The molecule has 0 bridgehead atoms. The van der Waals surface area contributed by atoms with E-state index in [2.05, 4.69) is 35.6 Å². The van der Waals surface area contributed by atoms with Crippen molar-refractivity contribution in [1.82, 2.24) is 19.8 Å². The molecule has 1 aliphatic rings. The summed E-state index contributed by atoms with van der Waals surface area (Å²) < 4.78 is 15.3. The molecule has 0 aliphatic carbocycles. The molecule has 3 aromatic rings. The second-order valence-electron chi connectivity index (χ2n) is 9.65. The van der Waals surface area contributed by atoms with E-state index in [1.807, 2.05) is 25.1 Å². The van der Waals surface area contributed by atoms with Crippen LogP contribution in [0.25, 0.3) is 22.3 Å². The maximum absolute atomic E-state index is 15.3. The number of nitrogens with zero attached hydrogens (tertiary/aromatic N) is 4. The van der Waals surface area contributed by atoms with E-state index < -0.39 is 5.82 Å². The Morgan fingerprint density at radius 1 is 1.03 bits per heavy atom. The summed E-state index contributed by atoms with van der Waals surface area (Å²) in [4.78, 5) is 25.9. The molecule has 4 rings (SSSR count). The van der Waals surface area contributed by atoms with Crippen molar-refractivity contribution in [3.8, 4) is 22.3 Å². The number of piperazine rings is 1. The summed E-state index contributed by atoms with van der Waals surface area (Å²) in [5.41, 5.74) is 10.1. The molecule has 3 heterocycles. The summed E-state index contributed by atoms with van der Waals surface area (Å²) in [6, 6.07) is 10.4. The molecule has 0 atom stereocenters. The van der Waals surface area contributed by atoms with Crippen molar-refractivity contribution >= 4 is 11.7 Å². The van der Waals surface area contributed by atoms with Crippen LogP contribution in [0.5, 0.6) is 0 Å². The summed E-state index contributed by atoms with van der Waals surface area (Å²) in [6.45, 7) is 11.3. The lowest BCUT2D eigenvalue weighted by atomic mass is 9.93. The molecule has 1 aliphatic heterocycles. The Morgan fingerprint density at radius 2 is 1.74 bits per heavy atom. The van der Waals surface area contributed by atoms with Gasteiger partial charge in [-0.2, -0.15) is 0 Å². The predicted molar refractivity (Wildman–Crippen MR) is 134 cm³/mol. The molecule has 0 saturated carbocycles. The molecule has 0 unspecified atom stereocenters. The Balaban J connectivity index is 1.63. The fourth-order valence-corrected chi connectivity index (χ4v) is 4.50. The second kappa shape index (κ2) is 9.50. The third-order valence-corrected chi connectivity index (χ3v) is 6.47. The van der Waals surface area contributed by atoms with Gasteiger partial charge in [-0.15, -0.1) is 0 Å². The molecule has 1 fully saturated rings. The quantitative estimate of drug-likeness (QED) is 0.612. The number of benzene rings is 1. The lowest BCUT2D eigenvalue weighted by molar-refractivity contribution is 0.0447. The predicted octanol–water partition coefficient (Wildman–Crippen LogP) is 4.65. The van der Waals surface area contributed by atoms with Crippen molar-refractivity contribution in [3.05, 3.63) is 65.9 Å². The highest BCUT2D eigenvalue weighted by Gasteiger charge is 2.29. The van der Waals surface area contributed by atoms with Gasteiger partial charge in [-0.05, 0) is 68.7 Å². The van der Waals surface area contributed by atoms with E-state index in [1.165, 1.54) is 6.07 Å². The minimum absolute atomic E-state index is 0.0572. The number of halogens is 1. The van der Waals surface area contributed by atoms with Gasteiger partial charge in [-0.25, -0.2) is 9.37 Å². The first-order chi connectivity index (χ1) is 16.2. The second-order valence-corrected chi connectivity index (χ2v) is 9.65. The minimum atomic E-state index is -0.517. The number of carbonyl (C=O) groups is 1. The van der Waals surface area contributed by atoms with Gasteiger partial charge in [0.1, 0.15) is 11.6 Å². The number of rotatable bonds is 4. The largest absolute Gasteiger partial charge is 0.384 e. The van der Waals surface area contributed by atoms with E-state index in [1.54, 1.807) is 29.4 Å². The highest BCUT2D eigenvalue weighted by atomic mass is 19.1. The number of carbonyl (C=O) groups excluding carboxylic acids is 1. The number of aryl methyl sites for hydroxylation is 1. The van der Waals surface area contributed by atoms with Crippen molar-refractivity contribution in [2.75, 3.05) is 31.9 Å². The molecular weight excluding hydrogens is 429 g/mol. The molecule has 7 heteroatoms. The van der Waals surface area contributed by atoms with Crippen LogP contribution in [0.1, 0.15) is 43.7 Å². The number of hydrogen-bond donors (Lipinski definition) is 1. The van der Waals surface area contributed by atoms with E-state index in [9.17, 15) is 4.79 Å². The molecule has 2 N–H and O–H groups in total. The van der Waals surface area contributed by atoms with Crippen molar-refractivity contribution in [3.63, 3.8) is 0 Å². The number of amides is 1. The maximum Gasteiger partial charge on any atom is 0.256 e. The Labute approximate surface area is 200 Å². The first-order valence-electron chi connectivity index (χ1n) is 11.7. The van der Waals surface area contributed by atoms with E-state index in [4.69, 9.17) is 5.73 Å². The highest BCUT2D eigenvalue weighted by Crippen LogP contribution is 2.35. The van der Waals surface area contributed by atoms with Crippen molar-refractivity contribution in [1.29, 1.82) is 0 Å². The number of nitrogens with two attached hydrogens (primary N) is 1. The molecular formula is C27H32FN5O. The molecule has 0 radical (unpaired) electrons. The molecule has 1 amide bonds. The van der Waals surface area contributed by atoms with Crippen LogP contribution in [0.15, 0.2) is 48.8 Å². The Hall–Kier alpha value is -3.32. The zero-order chi connectivity index (χ0) is 24.5. The molecule has 1 aromatic carbocycles. The minimum Gasteiger partial charge on any atom is -0.384 e. The van der Waals surface area contributed by atoms with Gasteiger partial charge in [0.15, 0.2) is 0 Å². The molecule has 6 nitrogen and oxygen atoms in total. The average Bonchev–Trinajstić information content (AvgIpc) is 2.83. The van der Waals surface area contributed by atoms with E-state index in [0.29, 0.717) is 30.9 Å². The number of pyridine rings is 2. The number of nitrogen functional groups attached to an aromatic ring is 1. The summed E-state index contributed by atoms with van der Waals surface area (Å²) >= 11 is 0. The monoisotopic (exact) mass is 461 g/mol. The zero-order valence-corrected chi connectivity index (χ0v) is 20.3. The topological polar surface area (TPSA) is 75.4 Å². The third-order valence-electron chi connectivity index (χ3n) is 6.47. The number of anilines is 1. The SMILES string of the molecule is CCc1nccc(-c2ccc(C(=O)N3CCN(C(C)(C)C)CC3)c(F)c2)c1-c1ccc(N)nc1. The van der Waals surface area contributed by atoms with Gasteiger partial charge in [0.25, 0.3) is 5.91 Å². The van der Waals surface area contributed by atoms with Gasteiger partial charge >= 0.3 is 0 Å². The van der Waals surface area contributed by atoms with Gasteiger partial charge in [0.05, 0.1) is 5.56 Å². The molecule has 1 saturated heterocycles. The van der Waals surface area contributed by atoms with Crippen LogP contribution >= 0.6 is 0 Å². The smallest absolute Gasteiger partial charge is 0.256 e. The van der Waals surface area contributed by atoms with Crippen molar-refractivity contribution in [2.24, 2.45) is 0 Å². The summed E-state index contributed by atoms with van der Waals surface area (Å²) in [7, 11) is 0. The van der Waals surface area contributed by atoms with E-state index in [-0.39, 0.29) is 17.0 Å². The normalized spacial score (nSPS) is 14.9. The van der Waals surface area contributed by atoms with Crippen LogP contribution in [0.2, 0.25) is 0 Å². The molecule has 0 spiro atoms. The van der Waals surface area contributed by atoms with Crippen molar-refractivity contribution < 1.29 is 9.18 Å². The first kappa shape index (κ1) is 23.8. The van der Waals surface area contributed by atoms with Gasteiger partial charge in [-0.1, -0.05) is 13.0 Å². The van der Waals surface area contributed by atoms with Crippen LogP contribution in [0.3, 0.4) is 0 Å². The summed E-state index contributed by atoms with van der Waals surface area (Å²) in [5, 5.41) is 0. The highest BCUT2D eigenvalue weighted by molar-refractivity contribution is 5.95. The third kappa shape index (κ3) is 4.80. The van der Waals surface area contributed by atoms with Gasteiger partial charge < -0.3 is 10.6 Å². The zero-order valence-electron chi connectivity index (χ0n) is 20.3. The number of aromatic nitrogens is 2. The lowest BCUT2D eigenvalue weighted by Crippen LogP contribution is -2.54. The standard InChI is InChI=1S/C27H32FN5O/c1-5-23-25(19-7-9-24(29)31-17-19)20(10-11-30-23)18-6-8-21(22(28)16-18)26(34)32-12-14-33(15-13-32)27(2,3)4/h6-11,16-17H,5,12-15H2,1-4H3,(H2,29,31). The van der Waals surface area contributed by atoms with Crippen LogP contribution in [-0.2, 0) is 6.42 Å². The molecule has 178 valence electrons. The Bertz CT molecular complexity index is 1180. The van der Waals surface area contributed by atoms with E-state index in [0.717, 1.165) is 35.5 Å². The van der Waals surface area contributed by atoms with Gasteiger partial charge in [-0.3, -0.25) is 14.7 Å². The fraction of sp³-hybridized carbons (Fsp3) is 0.370. The van der Waals surface area contributed by atoms with Crippen LogP contribution in [-0.4, -0.2) is 57.4 Å². The fourth-order valence-electron chi connectivity index (χ4n) is 4.50. The summed E-state index contributed by atoms with van der Waals surface area (Å²) in [5.74, 6) is -0.342. The first-order valence-corrected chi connectivity index (χ1v) is 11.7. The Morgan fingerprint density at radius 3 is 2.32 bits per heavy atom. The molecule has 2 aromatic heterocycles. The number of hydrogen-bond acceptors (Lipinski definition) is 5. The van der Waals surface area contributed by atoms with E-state index >= 15 is 4.39 Å². The van der Waals surface area contributed by atoms with Crippen molar-refractivity contribution in [2.45, 2.75) is 39.7 Å². The summed E-state index contributed by atoms with van der Waals surface area (Å²) in [6.07, 6.45) is 4.15. The molecule has 34 heavy (non-hydrogen) atoms. The Kier molecular flexibility index (Phi) is 6.66.